The van der Waals surface area contributed by atoms with Crippen LogP contribution in [0, 0.1) is 23.2 Å². The Morgan fingerprint density at radius 1 is 1.28 bits per heavy atom. The van der Waals surface area contributed by atoms with Gasteiger partial charge in [-0.2, -0.15) is 5.10 Å². The highest BCUT2D eigenvalue weighted by Gasteiger charge is 2.56. The topological polar surface area (TPSA) is 115 Å². The number of amides is 1. The average Bonchev–Trinajstić information content (AvgIpc) is 2.84. The van der Waals surface area contributed by atoms with Crippen LogP contribution in [0.5, 0.6) is 0 Å². The van der Waals surface area contributed by atoms with Crippen LogP contribution in [-0.2, 0) is 20.9 Å². The second-order valence-electron chi connectivity index (χ2n) is 10.5. The molecule has 5 atom stereocenters. The van der Waals surface area contributed by atoms with E-state index in [2.05, 4.69) is 57.4 Å². The molecule has 0 spiro atoms. The molecule has 0 radical (unpaired) electrons. The van der Waals surface area contributed by atoms with E-state index < -0.39 is 23.5 Å². The van der Waals surface area contributed by atoms with Crippen LogP contribution in [0.25, 0.3) is 0 Å². The van der Waals surface area contributed by atoms with Gasteiger partial charge in [-0.15, -0.1) is 0 Å². The molecule has 1 amide bonds. The minimum Gasteiger partial charge on any atom is -0.466 e. The van der Waals surface area contributed by atoms with Gasteiger partial charge in [0.1, 0.15) is 11.0 Å². The zero-order valence-corrected chi connectivity index (χ0v) is 22.7. The van der Waals surface area contributed by atoms with Crippen molar-refractivity contribution in [2.24, 2.45) is 23.2 Å². The predicted molar refractivity (Wildman–Crippen MR) is 139 cm³/mol. The third-order valence-electron chi connectivity index (χ3n) is 8.09. The van der Waals surface area contributed by atoms with Crippen LogP contribution in [0.15, 0.2) is 40.0 Å². The number of esters is 1. The monoisotopic (exact) mass is 559 g/mol. The lowest BCUT2D eigenvalue weighted by Gasteiger charge is -2.62. The molecule has 5 rings (SSSR count). The van der Waals surface area contributed by atoms with Crippen molar-refractivity contribution in [3.63, 3.8) is 0 Å². The van der Waals surface area contributed by atoms with Gasteiger partial charge in [-0.1, -0.05) is 20.8 Å². The summed E-state index contributed by atoms with van der Waals surface area (Å²) in [6.07, 6.45) is 7.09. The summed E-state index contributed by atoms with van der Waals surface area (Å²) in [7, 11) is 0. The van der Waals surface area contributed by atoms with E-state index in [-0.39, 0.29) is 25.6 Å². The maximum absolute atomic E-state index is 13.0. The first-order chi connectivity index (χ1) is 17.1. The fourth-order valence-corrected chi connectivity index (χ4v) is 6.25. The Morgan fingerprint density at radius 3 is 2.64 bits per heavy atom. The van der Waals surface area contributed by atoms with E-state index >= 15 is 0 Å². The normalized spacial score (nSPS) is 24.8. The Bertz CT molecular complexity index is 1170. The number of nitrogens with zero attached hydrogens (tertiary/aromatic N) is 3. The summed E-state index contributed by atoms with van der Waals surface area (Å²) >= 11 is 3.42. The molecule has 0 saturated heterocycles. The standard InChI is InChI=1S/C26H34BrN5O4/c1-5-36-23(34)12-20(16-6-8-28-9-7-16)31-22(33)14-32-25(35)24(27)21(13-29-32)30-19-11-17-10-18(15(19)2)26(17,3)4/h6-9,13,15,17-20,30H,5,10-12,14H2,1-4H3,(H,31,33)/t15-,17+,18-,19-,20?/m1/s1. The summed E-state index contributed by atoms with van der Waals surface area (Å²) in [6, 6.07) is 3.12. The Hall–Kier alpha value is -2.75. The first-order valence-corrected chi connectivity index (χ1v) is 13.3. The van der Waals surface area contributed by atoms with Crippen LogP contribution in [0.1, 0.15) is 58.6 Å². The number of ether oxygens (including phenoxy) is 1. The molecule has 3 aliphatic rings. The SMILES string of the molecule is CCOC(=O)CC(NC(=O)Cn1ncc(N[C@@H]2C[C@@H]3C[C@H]([C@H]2C)C3(C)C)c(Br)c1=O)c1ccncc1. The Kier molecular flexibility index (Phi) is 7.82. The van der Waals surface area contributed by atoms with E-state index in [9.17, 15) is 14.4 Å². The van der Waals surface area contributed by atoms with Gasteiger partial charge in [0.2, 0.25) is 5.91 Å². The number of hydrogen-bond donors (Lipinski definition) is 2. The third kappa shape index (κ3) is 5.33. The molecule has 9 nitrogen and oxygen atoms in total. The zero-order chi connectivity index (χ0) is 26.0. The average molecular weight is 560 g/mol. The van der Waals surface area contributed by atoms with Crippen LogP contribution in [0.3, 0.4) is 0 Å². The van der Waals surface area contributed by atoms with Crippen LogP contribution in [-0.4, -0.2) is 39.3 Å². The van der Waals surface area contributed by atoms with Crippen molar-refractivity contribution in [1.29, 1.82) is 0 Å². The highest BCUT2D eigenvalue weighted by atomic mass is 79.9. The van der Waals surface area contributed by atoms with E-state index in [1.165, 1.54) is 6.42 Å². The summed E-state index contributed by atoms with van der Waals surface area (Å²) in [5.41, 5.74) is 1.35. The molecule has 3 aliphatic carbocycles. The Balaban J connectivity index is 1.43. The minimum absolute atomic E-state index is 0.0309. The van der Waals surface area contributed by atoms with Gasteiger partial charge >= 0.3 is 5.97 Å². The van der Waals surface area contributed by atoms with E-state index in [4.69, 9.17) is 4.74 Å². The fraction of sp³-hybridized carbons (Fsp3) is 0.577. The molecule has 2 aromatic heterocycles. The quantitative estimate of drug-likeness (QED) is 0.450. The molecule has 36 heavy (non-hydrogen) atoms. The van der Waals surface area contributed by atoms with Crippen molar-refractivity contribution in [2.75, 3.05) is 11.9 Å². The van der Waals surface area contributed by atoms with Gasteiger partial charge in [-0.25, -0.2) is 4.68 Å². The van der Waals surface area contributed by atoms with Crippen molar-refractivity contribution in [3.05, 3.63) is 51.1 Å². The molecule has 1 unspecified atom stereocenters. The van der Waals surface area contributed by atoms with E-state index in [0.717, 1.165) is 16.7 Å². The number of halogens is 1. The van der Waals surface area contributed by atoms with Crippen molar-refractivity contribution < 1.29 is 14.3 Å². The number of rotatable bonds is 9. The first-order valence-electron chi connectivity index (χ1n) is 12.5. The maximum Gasteiger partial charge on any atom is 0.308 e. The van der Waals surface area contributed by atoms with E-state index in [1.54, 1.807) is 37.6 Å². The molecular formula is C26H34BrN5O4. The number of aromatic nitrogens is 3. The summed E-state index contributed by atoms with van der Waals surface area (Å²) in [5, 5.41) is 10.6. The van der Waals surface area contributed by atoms with Crippen molar-refractivity contribution >= 4 is 33.5 Å². The number of carbonyl (C=O) groups excluding carboxylic acids is 2. The predicted octanol–water partition coefficient (Wildman–Crippen LogP) is 3.69. The number of pyridine rings is 1. The molecule has 3 fully saturated rings. The molecule has 2 bridgehead atoms. The highest BCUT2D eigenvalue weighted by molar-refractivity contribution is 9.10. The second-order valence-corrected chi connectivity index (χ2v) is 11.2. The maximum atomic E-state index is 13.0. The summed E-state index contributed by atoms with van der Waals surface area (Å²) < 4.78 is 6.51. The van der Waals surface area contributed by atoms with Crippen LogP contribution < -0.4 is 16.2 Å². The van der Waals surface area contributed by atoms with Crippen molar-refractivity contribution in [2.45, 2.75) is 65.6 Å². The largest absolute Gasteiger partial charge is 0.466 e. The first kappa shape index (κ1) is 26.3. The lowest BCUT2D eigenvalue weighted by atomic mass is 9.45. The molecule has 2 N–H and O–H groups in total. The minimum atomic E-state index is -0.608. The number of hydrogen-bond acceptors (Lipinski definition) is 7. The fourth-order valence-electron chi connectivity index (χ4n) is 5.83. The smallest absolute Gasteiger partial charge is 0.308 e. The van der Waals surface area contributed by atoms with E-state index in [1.807, 2.05) is 0 Å². The number of fused-ring (bicyclic) bond motifs is 2. The molecule has 2 heterocycles. The van der Waals surface area contributed by atoms with Gasteiger partial charge in [0.05, 0.1) is 31.0 Å². The second kappa shape index (κ2) is 10.7. The van der Waals surface area contributed by atoms with Crippen LogP contribution in [0.2, 0.25) is 0 Å². The number of anilines is 1. The van der Waals surface area contributed by atoms with Crippen molar-refractivity contribution in [3.8, 4) is 0 Å². The molecule has 2 aromatic rings. The van der Waals surface area contributed by atoms with Gasteiger partial charge in [0.25, 0.3) is 5.56 Å². The van der Waals surface area contributed by atoms with Crippen LogP contribution >= 0.6 is 15.9 Å². The Labute approximate surface area is 219 Å². The lowest BCUT2D eigenvalue weighted by molar-refractivity contribution is -0.143. The molecule has 3 saturated carbocycles. The van der Waals surface area contributed by atoms with E-state index in [0.29, 0.717) is 33.3 Å². The van der Waals surface area contributed by atoms with Crippen molar-refractivity contribution in [1.82, 2.24) is 20.1 Å². The third-order valence-corrected chi connectivity index (χ3v) is 8.86. The van der Waals surface area contributed by atoms with Gasteiger partial charge in [-0.3, -0.25) is 19.4 Å². The number of carbonyl (C=O) groups is 2. The molecule has 0 aliphatic heterocycles. The molecule has 10 heteroatoms. The van der Waals surface area contributed by atoms with Gasteiger partial charge < -0.3 is 15.4 Å². The van der Waals surface area contributed by atoms with Gasteiger partial charge in [0, 0.05) is 18.4 Å². The zero-order valence-electron chi connectivity index (χ0n) is 21.2. The highest BCUT2D eigenvalue weighted by Crippen LogP contribution is 2.61. The molecule has 0 aromatic carbocycles. The Morgan fingerprint density at radius 2 is 2.00 bits per heavy atom. The summed E-state index contributed by atoms with van der Waals surface area (Å²) in [4.78, 5) is 41.9. The van der Waals surface area contributed by atoms with Crippen LogP contribution in [0.4, 0.5) is 5.69 Å². The van der Waals surface area contributed by atoms with Gasteiger partial charge in [-0.05, 0) is 76.6 Å². The summed E-state index contributed by atoms with van der Waals surface area (Å²) in [6.45, 7) is 8.69. The number of nitrogens with one attached hydrogen (secondary N) is 2. The molecular weight excluding hydrogens is 526 g/mol. The molecule has 194 valence electrons. The lowest BCUT2D eigenvalue weighted by Crippen LogP contribution is -2.58. The summed E-state index contributed by atoms with van der Waals surface area (Å²) in [5.74, 6) is 0.995. The van der Waals surface area contributed by atoms with Gasteiger partial charge in [0.15, 0.2) is 0 Å².